The average molecular weight is 545 g/mol. The van der Waals surface area contributed by atoms with Crippen molar-refractivity contribution in [3.63, 3.8) is 0 Å². The molecule has 15 heteroatoms. The number of nitrogens with zero attached hydrogens (tertiary/aromatic N) is 3. The zero-order valence-electron chi connectivity index (χ0n) is 19.0. The Hall–Kier alpha value is -3.43. The van der Waals surface area contributed by atoms with Gasteiger partial charge in [0.15, 0.2) is 15.6 Å². The van der Waals surface area contributed by atoms with E-state index in [9.17, 15) is 31.5 Å². The van der Waals surface area contributed by atoms with Gasteiger partial charge in [-0.15, -0.1) is 23.4 Å². The number of halogens is 5. The molecule has 1 unspecified atom stereocenters. The molecule has 0 bridgehead atoms. The van der Waals surface area contributed by atoms with Gasteiger partial charge in [0.2, 0.25) is 11.8 Å². The molecular formula is C22H20F5N5O4S. The summed E-state index contributed by atoms with van der Waals surface area (Å²) in [4.78, 5) is 26.8. The van der Waals surface area contributed by atoms with Gasteiger partial charge in [0.05, 0.1) is 19.8 Å². The molecule has 3 N–H and O–H groups in total. The van der Waals surface area contributed by atoms with Crippen molar-refractivity contribution < 1.29 is 41.0 Å². The number of nitrogens with two attached hydrogens (primary N) is 1. The highest BCUT2D eigenvalue weighted by Crippen LogP contribution is 2.44. The van der Waals surface area contributed by atoms with Gasteiger partial charge in [-0.2, -0.15) is 0 Å². The number of aromatic nitrogens is 2. The Bertz CT molecular complexity index is 1260. The van der Waals surface area contributed by atoms with Gasteiger partial charge in [-0.1, -0.05) is 17.4 Å². The summed E-state index contributed by atoms with van der Waals surface area (Å²) in [5.41, 5.74) is 2.97. The van der Waals surface area contributed by atoms with Crippen LogP contribution >= 0.6 is 11.3 Å². The van der Waals surface area contributed by atoms with Gasteiger partial charge < -0.3 is 20.5 Å². The molecule has 2 heterocycles. The first-order chi connectivity index (χ1) is 17.5. The third-order valence-corrected chi connectivity index (χ3v) is 6.75. The van der Waals surface area contributed by atoms with E-state index in [2.05, 4.69) is 20.3 Å². The number of amides is 2. The van der Waals surface area contributed by atoms with Gasteiger partial charge in [0.25, 0.3) is 0 Å². The Balaban J connectivity index is 1.78. The highest BCUT2D eigenvalue weighted by molar-refractivity contribution is 7.14. The Morgan fingerprint density at radius 1 is 1.19 bits per heavy atom. The standard InChI is InChI=1S/C22H20F5N5O4S/c23-13-2-3-14(15(24)9-13)19-30-31-20(37-19)21(29-17(33)11-32-5-7-35-8-6-32)10-12(18(28)34)1-4-16(21)36-22(25,26)27/h1-4,9H,5-8,10-11H2,(H2,28,34)(H,29,33). The van der Waals surface area contributed by atoms with Crippen molar-refractivity contribution in [1.29, 1.82) is 0 Å². The fourth-order valence-electron chi connectivity index (χ4n) is 3.91. The summed E-state index contributed by atoms with van der Waals surface area (Å²) in [5, 5.41) is 9.97. The largest absolute Gasteiger partial charge is 0.572 e. The third kappa shape index (κ3) is 6.11. The zero-order valence-corrected chi connectivity index (χ0v) is 19.8. The van der Waals surface area contributed by atoms with Crippen molar-refractivity contribution in [2.75, 3.05) is 32.8 Å². The van der Waals surface area contributed by atoms with Crippen LogP contribution in [0.1, 0.15) is 11.4 Å². The van der Waals surface area contributed by atoms with Gasteiger partial charge in [-0.25, -0.2) is 8.78 Å². The van der Waals surface area contributed by atoms with Crippen molar-refractivity contribution >= 4 is 23.2 Å². The molecule has 0 saturated carbocycles. The second-order valence-electron chi connectivity index (χ2n) is 8.19. The Kier molecular flexibility index (Phi) is 7.57. The van der Waals surface area contributed by atoms with Crippen molar-refractivity contribution in [2.45, 2.75) is 18.3 Å². The predicted molar refractivity (Wildman–Crippen MR) is 119 cm³/mol. The smallest absolute Gasteiger partial charge is 0.407 e. The van der Waals surface area contributed by atoms with Crippen LogP contribution in [-0.4, -0.2) is 66.1 Å². The van der Waals surface area contributed by atoms with E-state index in [-0.39, 0.29) is 27.7 Å². The average Bonchev–Trinajstić information content (AvgIpc) is 3.30. The van der Waals surface area contributed by atoms with Crippen molar-refractivity contribution in [1.82, 2.24) is 20.4 Å². The number of nitrogens with one attached hydrogen (secondary N) is 1. The van der Waals surface area contributed by atoms with Crippen molar-refractivity contribution in [2.24, 2.45) is 5.73 Å². The molecule has 1 saturated heterocycles. The van der Waals surface area contributed by atoms with Crippen LogP contribution in [0.15, 0.2) is 41.7 Å². The number of ether oxygens (including phenoxy) is 2. The number of hydrogen-bond donors (Lipinski definition) is 2. The lowest BCUT2D eigenvalue weighted by Crippen LogP contribution is -2.54. The van der Waals surface area contributed by atoms with E-state index in [1.807, 2.05) is 0 Å². The summed E-state index contributed by atoms with van der Waals surface area (Å²) < 4.78 is 77.4. The summed E-state index contributed by atoms with van der Waals surface area (Å²) >= 11 is 0.642. The normalized spacial score (nSPS) is 20.7. The predicted octanol–water partition coefficient (Wildman–Crippen LogP) is 2.36. The number of hydrogen-bond acceptors (Lipinski definition) is 8. The van der Waals surface area contributed by atoms with Crippen LogP contribution < -0.4 is 11.1 Å². The van der Waals surface area contributed by atoms with E-state index in [0.717, 1.165) is 24.3 Å². The van der Waals surface area contributed by atoms with E-state index < -0.39 is 47.5 Å². The highest BCUT2D eigenvalue weighted by atomic mass is 32.1. The summed E-state index contributed by atoms with van der Waals surface area (Å²) in [6, 6.07) is 2.69. The topological polar surface area (TPSA) is 120 Å². The van der Waals surface area contributed by atoms with Crippen LogP contribution in [-0.2, 0) is 24.6 Å². The number of carbonyl (C=O) groups excluding carboxylic acids is 2. The first-order valence-electron chi connectivity index (χ1n) is 10.8. The monoisotopic (exact) mass is 545 g/mol. The van der Waals surface area contributed by atoms with Crippen LogP contribution in [0.4, 0.5) is 22.0 Å². The quantitative estimate of drug-likeness (QED) is 0.513. The molecule has 0 radical (unpaired) electrons. The van der Waals surface area contributed by atoms with Crippen molar-refractivity contribution in [3.8, 4) is 10.6 Å². The van der Waals surface area contributed by atoms with Crippen LogP contribution in [0.5, 0.6) is 0 Å². The lowest BCUT2D eigenvalue weighted by Gasteiger charge is -2.37. The molecular weight excluding hydrogens is 525 g/mol. The lowest BCUT2D eigenvalue weighted by molar-refractivity contribution is -0.310. The molecule has 1 aliphatic carbocycles. The Labute approximate surface area is 210 Å². The molecule has 1 aromatic heterocycles. The van der Waals surface area contributed by atoms with Crippen LogP contribution in [0.25, 0.3) is 10.6 Å². The molecule has 2 amide bonds. The van der Waals surface area contributed by atoms with E-state index in [4.69, 9.17) is 10.5 Å². The number of carbonyl (C=O) groups is 2. The van der Waals surface area contributed by atoms with Gasteiger partial charge >= 0.3 is 6.36 Å². The SMILES string of the molecule is NC(=O)C1=CC=C(OC(F)(F)F)C(NC(=O)CN2CCOCC2)(c2nnc(-c3ccc(F)cc3F)s2)C1. The molecule has 198 valence electrons. The maximum absolute atomic E-state index is 14.4. The van der Waals surface area contributed by atoms with Gasteiger partial charge in [-0.05, 0) is 18.2 Å². The fourth-order valence-corrected chi connectivity index (χ4v) is 4.93. The van der Waals surface area contributed by atoms with E-state index in [1.54, 1.807) is 4.90 Å². The number of primary amides is 1. The number of benzene rings is 1. The minimum atomic E-state index is -5.17. The number of alkyl halides is 3. The maximum atomic E-state index is 14.4. The van der Waals surface area contributed by atoms with E-state index >= 15 is 0 Å². The van der Waals surface area contributed by atoms with Crippen LogP contribution in [0, 0.1) is 11.6 Å². The van der Waals surface area contributed by atoms with Crippen molar-refractivity contribution in [3.05, 3.63) is 58.3 Å². The Morgan fingerprint density at radius 3 is 2.57 bits per heavy atom. The van der Waals surface area contributed by atoms with Gasteiger partial charge in [-0.3, -0.25) is 14.5 Å². The second-order valence-corrected chi connectivity index (χ2v) is 9.17. The molecule has 4 rings (SSSR count). The minimum Gasteiger partial charge on any atom is -0.407 e. The molecule has 1 aliphatic heterocycles. The van der Waals surface area contributed by atoms with Gasteiger partial charge in [0, 0.05) is 36.7 Å². The first-order valence-corrected chi connectivity index (χ1v) is 11.7. The van der Waals surface area contributed by atoms with E-state index in [1.165, 1.54) is 0 Å². The number of allylic oxidation sites excluding steroid dienone is 2. The summed E-state index contributed by atoms with van der Waals surface area (Å²) in [6.07, 6.45) is -3.79. The first kappa shape index (κ1) is 26.6. The summed E-state index contributed by atoms with van der Waals surface area (Å²) in [7, 11) is 0. The van der Waals surface area contributed by atoms with Crippen LogP contribution in [0.2, 0.25) is 0 Å². The molecule has 2 aromatic rings. The Morgan fingerprint density at radius 2 is 1.92 bits per heavy atom. The second kappa shape index (κ2) is 10.5. The fraction of sp³-hybridized carbons (Fsp3) is 0.364. The zero-order chi connectivity index (χ0) is 26.8. The number of morpholine rings is 1. The molecule has 1 fully saturated rings. The molecule has 2 aliphatic rings. The van der Waals surface area contributed by atoms with Gasteiger partial charge in [0.1, 0.15) is 17.4 Å². The lowest BCUT2D eigenvalue weighted by atomic mass is 9.84. The molecule has 37 heavy (non-hydrogen) atoms. The maximum Gasteiger partial charge on any atom is 0.572 e. The molecule has 1 aromatic carbocycles. The summed E-state index contributed by atoms with van der Waals surface area (Å²) in [6.45, 7) is 1.39. The van der Waals surface area contributed by atoms with Crippen LogP contribution in [0.3, 0.4) is 0 Å². The molecule has 9 nitrogen and oxygen atoms in total. The summed E-state index contributed by atoms with van der Waals surface area (Å²) in [5.74, 6) is -4.25. The van der Waals surface area contributed by atoms with E-state index in [0.29, 0.717) is 43.7 Å². The third-order valence-electron chi connectivity index (χ3n) is 5.63. The number of rotatable bonds is 7. The highest BCUT2D eigenvalue weighted by Gasteiger charge is 2.49. The minimum absolute atomic E-state index is 0.101. The molecule has 1 atom stereocenters. The molecule has 0 spiro atoms.